The first-order valence-electron chi connectivity index (χ1n) is 7.65. The Morgan fingerprint density at radius 1 is 1.26 bits per heavy atom. The molecule has 0 atom stereocenters. The average molecular weight is 265 g/mol. The molecule has 108 valence electrons. The van der Waals surface area contributed by atoms with Gasteiger partial charge in [0.2, 0.25) is 5.89 Å². The van der Waals surface area contributed by atoms with E-state index in [1.54, 1.807) is 0 Å². The summed E-state index contributed by atoms with van der Waals surface area (Å²) in [5.74, 6) is 2.31. The Morgan fingerprint density at radius 2 is 2.00 bits per heavy atom. The van der Waals surface area contributed by atoms with Crippen LogP contribution in [0, 0.1) is 11.3 Å². The van der Waals surface area contributed by atoms with E-state index in [0.29, 0.717) is 5.92 Å². The Hall–Kier alpha value is -0.900. The predicted molar refractivity (Wildman–Crippen MR) is 75.7 cm³/mol. The van der Waals surface area contributed by atoms with Crippen molar-refractivity contribution in [2.75, 3.05) is 6.54 Å². The third-order valence-electron chi connectivity index (χ3n) is 4.33. The van der Waals surface area contributed by atoms with Crippen LogP contribution in [-0.2, 0) is 12.8 Å². The molecule has 0 spiro atoms. The number of aryl methyl sites for hydroxylation is 1. The fraction of sp³-hybridized carbons (Fsp3) is 0.867. The number of nitrogens with two attached hydrogens (primary N) is 1. The molecule has 1 fully saturated rings. The predicted octanol–water partition coefficient (Wildman–Crippen LogP) is 3.11. The normalized spacial score (nSPS) is 18.9. The topological polar surface area (TPSA) is 64.9 Å². The molecular formula is C15H27N3O. The highest BCUT2D eigenvalue weighted by atomic mass is 16.5. The fourth-order valence-electron chi connectivity index (χ4n) is 2.96. The first-order chi connectivity index (χ1) is 9.13. The van der Waals surface area contributed by atoms with Crippen LogP contribution in [-0.4, -0.2) is 16.7 Å². The second-order valence-electron chi connectivity index (χ2n) is 6.48. The standard InChI is InChI=1S/C15H27N3O/c1-12(2)6-7-13-17-14(19-18-13)10-15(11-16)8-4-3-5-9-15/h12H,3-11,16H2,1-2H3. The van der Waals surface area contributed by atoms with Crippen molar-refractivity contribution in [2.24, 2.45) is 17.1 Å². The fourth-order valence-corrected chi connectivity index (χ4v) is 2.96. The van der Waals surface area contributed by atoms with Gasteiger partial charge in [-0.25, -0.2) is 0 Å². The zero-order valence-corrected chi connectivity index (χ0v) is 12.3. The van der Waals surface area contributed by atoms with E-state index >= 15 is 0 Å². The number of aromatic nitrogens is 2. The van der Waals surface area contributed by atoms with Crippen LogP contribution in [0.1, 0.15) is 64.1 Å². The number of hydrogen-bond donors (Lipinski definition) is 1. The van der Waals surface area contributed by atoms with Crippen LogP contribution in [0.3, 0.4) is 0 Å². The van der Waals surface area contributed by atoms with Crippen molar-refractivity contribution in [3.05, 3.63) is 11.7 Å². The molecule has 1 aliphatic rings. The van der Waals surface area contributed by atoms with Gasteiger partial charge in [0.05, 0.1) is 0 Å². The summed E-state index contributed by atoms with van der Waals surface area (Å²) in [5, 5.41) is 4.09. The Balaban J connectivity index is 1.94. The van der Waals surface area contributed by atoms with Crippen molar-refractivity contribution in [2.45, 2.75) is 65.2 Å². The van der Waals surface area contributed by atoms with Gasteiger partial charge >= 0.3 is 0 Å². The second-order valence-corrected chi connectivity index (χ2v) is 6.48. The van der Waals surface area contributed by atoms with Crippen LogP contribution >= 0.6 is 0 Å². The maximum Gasteiger partial charge on any atom is 0.227 e. The second kappa shape index (κ2) is 6.51. The molecule has 4 heteroatoms. The lowest BCUT2D eigenvalue weighted by atomic mass is 9.72. The van der Waals surface area contributed by atoms with Crippen molar-refractivity contribution < 1.29 is 4.52 Å². The number of hydrogen-bond acceptors (Lipinski definition) is 4. The average Bonchev–Trinajstić information content (AvgIpc) is 2.85. The van der Waals surface area contributed by atoms with Gasteiger partial charge in [-0.3, -0.25) is 0 Å². The Kier molecular flexibility index (Phi) is 4.97. The quantitative estimate of drug-likeness (QED) is 0.858. The molecule has 0 unspecified atom stereocenters. The van der Waals surface area contributed by atoms with Crippen molar-refractivity contribution in [3.8, 4) is 0 Å². The van der Waals surface area contributed by atoms with Gasteiger partial charge in [-0.1, -0.05) is 38.3 Å². The lowest BCUT2D eigenvalue weighted by Gasteiger charge is -2.34. The van der Waals surface area contributed by atoms with E-state index in [1.165, 1.54) is 32.1 Å². The van der Waals surface area contributed by atoms with Crippen LogP contribution in [0.5, 0.6) is 0 Å². The molecule has 1 aromatic heterocycles. The molecule has 0 radical (unpaired) electrons. The molecule has 1 aromatic rings. The largest absolute Gasteiger partial charge is 0.339 e. The van der Waals surface area contributed by atoms with Gasteiger partial charge in [-0.2, -0.15) is 4.98 Å². The third-order valence-corrected chi connectivity index (χ3v) is 4.33. The Morgan fingerprint density at radius 3 is 2.63 bits per heavy atom. The molecule has 0 bridgehead atoms. The molecule has 4 nitrogen and oxygen atoms in total. The summed E-state index contributed by atoms with van der Waals surface area (Å²) in [6.45, 7) is 5.16. The molecule has 19 heavy (non-hydrogen) atoms. The zero-order chi connectivity index (χ0) is 13.7. The lowest BCUT2D eigenvalue weighted by molar-refractivity contribution is 0.177. The van der Waals surface area contributed by atoms with Gasteiger partial charge in [-0.15, -0.1) is 0 Å². The van der Waals surface area contributed by atoms with Gasteiger partial charge in [0.1, 0.15) is 0 Å². The number of rotatable bonds is 6. The maximum absolute atomic E-state index is 6.00. The van der Waals surface area contributed by atoms with E-state index < -0.39 is 0 Å². The SMILES string of the molecule is CC(C)CCc1noc(CC2(CN)CCCCC2)n1. The highest BCUT2D eigenvalue weighted by Gasteiger charge is 2.32. The molecule has 0 aromatic carbocycles. The summed E-state index contributed by atoms with van der Waals surface area (Å²) in [5.41, 5.74) is 6.21. The minimum atomic E-state index is 0.208. The van der Waals surface area contributed by atoms with E-state index in [-0.39, 0.29) is 5.41 Å². The highest BCUT2D eigenvalue weighted by molar-refractivity contribution is 4.95. The van der Waals surface area contributed by atoms with Crippen LogP contribution in [0.2, 0.25) is 0 Å². The first-order valence-corrected chi connectivity index (χ1v) is 7.65. The molecular weight excluding hydrogens is 238 g/mol. The molecule has 1 aliphatic carbocycles. The van der Waals surface area contributed by atoms with Gasteiger partial charge < -0.3 is 10.3 Å². The molecule has 1 saturated carbocycles. The minimum absolute atomic E-state index is 0.208. The summed E-state index contributed by atoms with van der Waals surface area (Å²) in [4.78, 5) is 4.54. The highest BCUT2D eigenvalue weighted by Crippen LogP contribution is 2.37. The molecule has 0 aliphatic heterocycles. The lowest BCUT2D eigenvalue weighted by Crippen LogP contribution is -2.35. The Bertz CT molecular complexity index is 380. The van der Waals surface area contributed by atoms with Crippen LogP contribution in [0.4, 0.5) is 0 Å². The molecule has 2 rings (SSSR count). The number of nitrogens with zero attached hydrogens (tertiary/aromatic N) is 2. The summed E-state index contributed by atoms with van der Waals surface area (Å²) >= 11 is 0. The van der Waals surface area contributed by atoms with Gasteiger partial charge in [0, 0.05) is 12.8 Å². The van der Waals surface area contributed by atoms with E-state index in [9.17, 15) is 0 Å². The minimum Gasteiger partial charge on any atom is -0.339 e. The summed E-state index contributed by atoms with van der Waals surface area (Å²) in [6.07, 6.45) is 9.19. The van der Waals surface area contributed by atoms with Gasteiger partial charge in [0.25, 0.3) is 0 Å². The van der Waals surface area contributed by atoms with Gasteiger partial charge in [0.15, 0.2) is 5.82 Å². The summed E-state index contributed by atoms with van der Waals surface area (Å²) in [6, 6.07) is 0. The summed E-state index contributed by atoms with van der Waals surface area (Å²) < 4.78 is 5.41. The van der Waals surface area contributed by atoms with E-state index in [1.807, 2.05) is 0 Å². The zero-order valence-electron chi connectivity index (χ0n) is 12.3. The molecule has 1 heterocycles. The Labute approximate surface area is 116 Å². The monoisotopic (exact) mass is 265 g/mol. The maximum atomic E-state index is 6.00. The van der Waals surface area contributed by atoms with Crippen LogP contribution in [0.25, 0.3) is 0 Å². The van der Waals surface area contributed by atoms with E-state index in [2.05, 4.69) is 24.0 Å². The molecule has 0 saturated heterocycles. The molecule has 0 amide bonds. The summed E-state index contributed by atoms with van der Waals surface area (Å²) in [7, 11) is 0. The first kappa shape index (κ1) is 14.5. The van der Waals surface area contributed by atoms with Gasteiger partial charge in [-0.05, 0) is 37.1 Å². The van der Waals surface area contributed by atoms with Crippen molar-refractivity contribution in [1.82, 2.24) is 10.1 Å². The van der Waals surface area contributed by atoms with Crippen LogP contribution in [0.15, 0.2) is 4.52 Å². The van der Waals surface area contributed by atoms with Crippen molar-refractivity contribution in [3.63, 3.8) is 0 Å². The van der Waals surface area contributed by atoms with Crippen molar-refractivity contribution >= 4 is 0 Å². The third kappa shape index (κ3) is 4.03. The van der Waals surface area contributed by atoms with Crippen LogP contribution < -0.4 is 5.73 Å². The van der Waals surface area contributed by atoms with E-state index in [0.717, 1.165) is 37.5 Å². The van der Waals surface area contributed by atoms with Crippen molar-refractivity contribution in [1.29, 1.82) is 0 Å². The molecule has 2 N–H and O–H groups in total. The smallest absolute Gasteiger partial charge is 0.227 e. The van der Waals surface area contributed by atoms with E-state index in [4.69, 9.17) is 10.3 Å².